The molecule has 3 N–H and O–H groups in total. The highest BCUT2D eigenvalue weighted by atomic mass is 35.5. The number of fused-ring (bicyclic) bond motifs is 1. The van der Waals surface area contributed by atoms with Crippen molar-refractivity contribution >= 4 is 23.5 Å². The van der Waals surface area contributed by atoms with Crippen molar-refractivity contribution in [1.82, 2.24) is 5.32 Å². The Bertz CT molecular complexity index is 500. The summed E-state index contributed by atoms with van der Waals surface area (Å²) in [6, 6.07) is 0. The number of alkyl halides is 1. The van der Waals surface area contributed by atoms with E-state index in [9.17, 15) is 19.8 Å². The van der Waals surface area contributed by atoms with Crippen molar-refractivity contribution in [3.63, 3.8) is 0 Å². The van der Waals surface area contributed by atoms with Crippen molar-refractivity contribution in [2.45, 2.75) is 62.4 Å². The van der Waals surface area contributed by atoms with Gasteiger partial charge in [0.05, 0.1) is 18.1 Å². The minimum absolute atomic E-state index is 0.231. The molecule has 0 aromatic heterocycles. The first kappa shape index (κ1) is 16.0. The third-order valence-electron chi connectivity index (χ3n) is 5.69. The molecule has 1 unspecified atom stereocenters. The van der Waals surface area contributed by atoms with Gasteiger partial charge in [0.1, 0.15) is 0 Å². The second-order valence-electron chi connectivity index (χ2n) is 6.85. The minimum Gasteiger partial charge on any atom is -0.453 e. The number of nitrogens with one attached hydrogen (secondary N) is 1. The van der Waals surface area contributed by atoms with Crippen LogP contribution < -0.4 is 5.32 Å². The molecule has 1 amide bonds. The number of hydrogen-bond donors (Lipinski definition) is 3. The van der Waals surface area contributed by atoms with E-state index in [0.29, 0.717) is 19.3 Å². The van der Waals surface area contributed by atoms with Gasteiger partial charge in [-0.1, -0.05) is 6.42 Å². The van der Waals surface area contributed by atoms with Crippen LogP contribution in [-0.4, -0.2) is 51.3 Å². The Morgan fingerprint density at radius 3 is 2.77 bits per heavy atom. The maximum atomic E-state index is 12.3. The molecule has 0 aromatic rings. The Morgan fingerprint density at radius 2 is 2.18 bits per heavy atom. The summed E-state index contributed by atoms with van der Waals surface area (Å²) < 4.78 is 5.32. The molecule has 0 spiro atoms. The molecule has 0 aromatic carbocycles. The highest BCUT2D eigenvalue weighted by molar-refractivity contribution is 6.18. The molecular weight excluding hydrogens is 310 g/mol. The maximum absolute atomic E-state index is 12.3. The topological polar surface area (TPSA) is 95.9 Å². The van der Waals surface area contributed by atoms with Gasteiger partial charge < -0.3 is 20.3 Å². The number of esters is 1. The van der Waals surface area contributed by atoms with E-state index in [1.807, 2.05) is 0 Å². The summed E-state index contributed by atoms with van der Waals surface area (Å²) in [6.07, 6.45) is 1.52. The number of carbonyl (C=O) groups is 2. The fraction of sp³-hybridized carbons (Fsp3) is 0.867. The zero-order valence-electron chi connectivity index (χ0n) is 12.5. The molecule has 6 nitrogen and oxygen atoms in total. The predicted octanol–water partition coefficient (Wildman–Crippen LogP) is 0.328. The number of halogens is 1. The summed E-state index contributed by atoms with van der Waals surface area (Å²) in [6.45, 7) is 1.69. The van der Waals surface area contributed by atoms with E-state index in [0.717, 1.165) is 12.8 Å². The monoisotopic (exact) mass is 331 g/mol. The Labute approximate surface area is 134 Å². The molecule has 1 aliphatic carbocycles. The molecular formula is C15H22ClNO5. The second-order valence-corrected chi connectivity index (χ2v) is 7.23. The Hall–Kier alpha value is -0.850. The summed E-state index contributed by atoms with van der Waals surface area (Å²) in [5.74, 6) is -1.39. The van der Waals surface area contributed by atoms with Gasteiger partial charge in [-0.3, -0.25) is 4.79 Å². The summed E-state index contributed by atoms with van der Waals surface area (Å²) in [7, 11) is 0. The van der Waals surface area contributed by atoms with E-state index < -0.39 is 35.2 Å². The standard InChI is InChI=1S/C15H22ClNO5/c1-14-10(5-6-16)12(20)17-15(14,13(21)22-14)11(19)8-3-2-4-9(18)7-8/h8-11,18-19H,2-7H2,1H3,(H,17,20)/t8-,9?,10-,11-,14-,15-/m0/s1. The van der Waals surface area contributed by atoms with Crippen LogP contribution in [0.5, 0.6) is 0 Å². The first-order chi connectivity index (χ1) is 10.4. The van der Waals surface area contributed by atoms with E-state index in [1.165, 1.54) is 0 Å². The first-order valence-electron chi connectivity index (χ1n) is 7.84. The van der Waals surface area contributed by atoms with Gasteiger partial charge >= 0.3 is 5.97 Å². The van der Waals surface area contributed by atoms with Crippen molar-refractivity contribution in [2.75, 3.05) is 5.88 Å². The number of amides is 1. The molecule has 1 saturated carbocycles. The molecule has 124 valence electrons. The van der Waals surface area contributed by atoms with E-state index in [1.54, 1.807) is 6.92 Å². The molecule has 0 radical (unpaired) electrons. The van der Waals surface area contributed by atoms with Gasteiger partial charge in [-0.2, -0.15) is 0 Å². The van der Waals surface area contributed by atoms with E-state index in [4.69, 9.17) is 16.3 Å². The van der Waals surface area contributed by atoms with Gasteiger partial charge in [0.15, 0.2) is 5.60 Å². The third kappa shape index (κ3) is 1.93. The lowest BCUT2D eigenvalue weighted by atomic mass is 9.63. The van der Waals surface area contributed by atoms with Crippen molar-refractivity contribution in [2.24, 2.45) is 11.8 Å². The normalized spacial score (nSPS) is 45.5. The highest BCUT2D eigenvalue weighted by Crippen LogP contribution is 2.53. The summed E-state index contributed by atoms with van der Waals surface area (Å²) in [4.78, 5) is 24.5. The van der Waals surface area contributed by atoms with Crippen LogP contribution in [0.1, 0.15) is 39.0 Å². The van der Waals surface area contributed by atoms with Crippen LogP contribution in [0.25, 0.3) is 0 Å². The molecule has 2 aliphatic heterocycles. The van der Waals surface area contributed by atoms with E-state index >= 15 is 0 Å². The Kier molecular flexibility index (Phi) is 3.90. The van der Waals surface area contributed by atoms with Gasteiger partial charge in [-0.15, -0.1) is 11.6 Å². The molecule has 7 heteroatoms. The lowest BCUT2D eigenvalue weighted by molar-refractivity contribution is -0.240. The average Bonchev–Trinajstić information content (AvgIpc) is 2.65. The van der Waals surface area contributed by atoms with Crippen LogP contribution in [0, 0.1) is 11.8 Å². The number of hydrogen-bond acceptors (Lipinski definition) is 5. The molecule has 2 saturated heterocycles. The first-order valence-corrected chi connectivity index (χ1v) is 8.38. The van der Waals surface area contributed by atoms with Gasteiger partial charge in [-0.25, -0.2) is 4.79 Å². The fourth-order valence-electron chi connectivity index (χ4n) is 4.41. The molecule has 3 aliphatic rings. The van der Waals surface area contributed by atoms with Crippen LogP contribution in [0.15, 0.2) is 0 Å². The van der Waals surface area contributed by atoms with Crippen LogP contribution in [-0.2, 0) is 14.3 Å². The molecule has 2 heterocycles. The molecule has 0 bridgehead atoms. The number of aliphatic hydroxyl groups is 2. The average molecular weight is 332 g/mol. The van der Waals surface area contributed by atoms with Gasteiger partial charge in [0.25, 0.3) is 0 Å². The molecule has 22 heavy (non-hydrogen) atoms. The zero-order chi connectivity index (χ0) is 16.1. The third-order valence-corrected chi connectivity index (χ3v) is 5.90. The van der Waals surface area contributed by atoms with Crippen LogP contribution >= 0.6 is 11.6 Å². The number of ether oxygens (including phenoxy) is 1. The predicted molar refractivity (Wildman–Crippen MR) is 78.2 cm³/mol. The van der Waals surface area contributed by atoms with Crippen molar-refractivity contribution in [3.05, 3.63) is 0 Å². The van der Waals surface area contributed by atoms with Crippen molar-refractivity contribution in [3.8, 4) is 0 Å². The quantitative estimate of drug-likeness (QED) is 0.509. The number of carbonyl (C=O) groups excluding carboxylic acids is 2. The van der Waals surface area contributed by atoms with Gasteiger partial charge in [-0.05, 0) is 38.5 Å². The summed E-state index contributed by atoms with van der Waals surface area (Å²) in [5, 5.41) is 23.4. The van der Waals surface area contributed by atoms with Crippen molar-refractivity contribution < 1.29 is 24.5 Å². The lowest BCUT2D eigenvalue weighted by Gasteiger charge is -2.55. The number of aliphatic hydroxyl groups excluding tert-OH is 2. The molecule has 6 atom stereocenters. The van der Waals surface area contributed by atoms with Crippen molar-refractivity contribution in [1.29, 1.82) is 0 Å². The molecule has 3 fully saturated rings. The summed E-state index contributed by atoms with van der Waals surface area (Å²) in [5.41, 5.74) is -2.47. The Balaban J connectivity index is 1.89. The fourth-order valence-corrected chi connectivity index (χ4v) is 4.63. The van der Waals surface area contributed by atoms with Crippen LogP contribution in [0.3, 0.4) is 0 Å². The maximum Gasteiger partial charge on any atom is 0.339 e. The van der Waals surface area contributed by atoms with E-state index in [-0.39, 0.29) is 17.7 Å². The zero-order valence-corrected chi connectivity index (χ0v) is 13.3. The Morgan fingerprint density at radius 1 is 1.45 bits per heavy atom. The second kappa shape index (κ2) is 5.35. The van der Waals surface area contributed by atoms with Crippen LogP contribution in [0.4, 0.5) is 0 Å². The summed E-state index contributed by atoms with van der Waals surface area (Å²) >= 11 is 5.76. The van der Waals surface area contributed by atoms with E-state index in [2.05, 4.69) is 5.32 Å². The smallest absolute Gasteiger partial charge is 0.339 e. The highest BCUT2D eigenvalue weighted by Gasteiger charge is 2.79. The largest absolute Gasteiger partial charge is 0.453 e. The number of rotatable bonds is 4. The molecule has 3 rings (SSSR count). The van der Waals surface area contributed by atoms with Crippen LogP contribution in [0.2, 0.25) is 0 Å². The van der Waals surface area contributed by atoms with Gasteiger partial charge in [0.2, 0.25) is 11.4 Å². The van der Waals surface area contributed by atoms with Gasteiger partial charge in [0, 0.05) is 5.88 Å². The lowest BCUT2D eigenvalue weighted by Crippen LogP contribution is -2.80. The SMILES string of the molecule is C[C@@]12OC(=O)[C@]1([C@@H](O)[C@H]1CCCC(O)C1)NC(=O)[C@@H]2CCCl. The minimum atomic E-state index is -1.40.